The second-order valence-corrected chi connectivity index (χ2v) is 6.82. The number of nitrogens with two attached hydrogens (primary N) is 1. The second kappa shape index (κ2) is 14.8. The summed E-state index contributed by atoms with van der Waals surface area (Å²) in [7, 11) is 1.37. The van der Waals surface area contributed by atoms with Gasteiger partial charge < -0.3 is 21.1 Å². The highest BCUT2D eigenvalue weighted by Crippen LogP contribution is 2.09. The summed E-state index contributed by atoms with van der Waals surface area (Å²) >= 11 is 0. The van der Waals surface area contributed by atoms with Crippen LogP contribution in [-0.4, -0.2) is 43.5 Å². The summed E-state index contributed by atoms with van der Waals surface area (Å²) in [5.41, 5.74) is 5.86. The smallest absolute Gasteiger partial charge is 0.305 e. The van der Waals surface area contributed by atoms with Gasteiger partial charge in [-0.2, -0.15) is 0 Å². The van der Waals surface area contributed by atoms with Crippen LogP contribution in [0.4, 0.5) is 0 Å². The molecule has 0 aromatic heterocycles. The lowest BCUT2D eigenvalue weighted by molar-refractivity contribution is -0.140. The molecule has 0 aliphatic carbocycles. The highest BCUT2D eigenvalue weighted by molar-refractivity contribution is 5.90. The predicted molar refractivity (Wildman–Crippen MR) is 105 cm³/mol. The van der Waals surface area contributed by atoms with Crippen molar-refractivity contribution in [2.75, 3.05) is 13.7 Å². The van der Waals surface area contributed by atoms with E-state index >= 15 is 0 Å². The summed E-state index contributed by atoms with van der Waals surface area (Å²) in [5.74, 6) is -0.677. The molecule has 0 unspecified atom stereocenters. The molecule has 154 valence electrons. The molecule has 3 atom stereocenters. The van der Waals surface area contributed by atoms with Crippen LogP contribution < -0.4 is 16.4 Å². The van der Waals surface area contributed by atoms with Gasteiger partial charge in [0.05, 0.1) is 13.2 Å². The van der Waals surface area contributed by atoms with Crippen molar-refractivity contribution in [3.8, 4) is 0 Å². The normalized spacial score (nSPS) is 14.0. The van der Waals surface area contributed by atoms with E-state index in [1.807, 2.05) is 27.7 Å². The average Bonchev–Trinajstić information content (AvgIpc) is 2.60. The molecule has 7 nitrogen and oxygen atoms in total. The number of hydrogen-bond donors (Lipinski definition) is 3. The van der Waals surface area contributed by atoms with Crippen LogP contribution in [-0.2, 0) is 19.1 Å². The van der Waals surface area contributed by atoms with Gasteiger partial charge in [-0.1, -0.05) is 40.5 Å². The number of halogens is 1. The number of carbonyl (C=O) groups excluding carboxylic acids is 3. The molecule has 0 heterocycles. The third-order valence-electron chi connectivity index (χ3n) is 4.40. The monoisotopic (exact) mass is 393 g/mol. The Kier molecular flexibility index (Phi) is 15.3. The molecule has 0 aromatic rings. The summed E-state index contributed by atoms with van der Waals surface area (Å²) in [6, 6.07) is -1.21. The highest BCUT2D eigenvalue weighted by Gasteiger charge is 2.28. The quantitative estimate of drug-likeness (QED) is 0.345. The number of methoxy groups -OCH3 is 1. The Morgan fingerprint density at radius 2 is 1.65 bits per heavy atom. The molecule has 2 amide bonds. The van der Waals surface area contributed by atoms with Gasteiger partial charge in [0.2, 0.25) is 11.8 Å². The van der Waals surface area contributed by atoms with Gasteiger partial charge in [-0.25, -0.2) is 0 Å². The van der Waals surface area contributed by atoms with E-state index in [1.54, 1.807) is 0 Å². The molecular weight excluding hydrogens is 358 g/mol. The molecule has 0 aliphatic rings. The van der Waals surface area contributed by atoms with Crippen molar-refractivity contribution >= 4 is 30.2 Å². The minimum atomic E-state index is -0.627. The van der Waals surface area contributed by atoms with Crippen molar-refractivity contribution in [3.63, 3.8) is 0 Å². The molecule has 0 saturated heterocycles. The zero-order valence-corrected chi connectivity index (χ0v) is 17.5. The molecule has 0 aliphatic heterocycles. The maximum absolute atomic E-state index is 12.4. The summed E-state index contributed by atoms with van der Waals surface area (Å²) in [6.45, 7) is 8.17. The van der Waals surface area contributed by atoms with Gasteiger partial charge in [0.15, 0.2) is 0 Å². The Balaban J connectivity index is 0. The first-order chi connectivity index (χ1) is 11.7. The number of ether oxygens (including phenoxy) is 1. The van der Waals surface area contributed by atoms with Crippen LogP contribution in [0, 0.1) is 11.8 Å². The summed E-state index contributed by atoms with van der Waals surface area (Å²) in [4.78, 5) is 35.6. The molecule has 0 saturated carbocycles. The van der Waals surface area contributed by atoms with Crippen LogP contribution in [0.2, 0.25) is 0 Å². The summed E-state index contributed by atoms with van der Waals surface area (Å²) in [5, 5.41) is 5.65. The molecule has 0 spiro atoms. The topological polar surface area (TPSA) is 111 Å². The Morgan fingerprint density at radius 3 is 2.15 bits per heavy atom. The van der Waals surface area contributed by atoms with Crippen LogP contribution >= 0.6 is 12.4 Å². The Hall–Kier alpha value is -1.34. The molecule has 0 rings (SSSR count). The van der Waals surface area contributed by atoms with E-state index in [2.05, 4.69) is 15.4 Å². The first kappa shape index (κ1) is 26.9. The lowest BCUT2D eigenvalue weighted by atomic mass is 9.96. The number of unbranched alkanes of at least 4 members (excludes halogenated alkanes) is 2. The lowest BCUT2D eigenvalue weighted by Crippen LogP contribution is -2.55. The molecule has 4 N–H and O–H groups in total. The van der Waals surface area contributed by atoms with Crippen LogP contribution in [0.15, 0.2) is 0 Å². The van der Waals surface area contributed by atoms with Gasteiger partial charge in [0.1, 0.15) is 6.04 Å². The third-order valence-corrected chi connectivity index (χ3v) is 4.40. The van der Waals surface area contributed by atoms with Gasteiger partial charge >= 0.3 is 5.97 Å². The summed E-state index contributed by atoms with van der Waals surface area (Å²) in [6.07, 6.45) is 3.50. The van der Waals surface area contributed by atoms with E-state index in [-0.39, 0.29) is 42.0 Å². The molecule has 26 heavy (non-hydrogen) atoms. The van der Waals surface area contributed by atoms with E-state index in [9.17, 15) is 14.4 Å². The number of carbonyl (C=O) groups is 3. The fraction of sp³-hybridized carbons (Fsp3) is 0.833. The van der Waals surface area contributed by atoms with E-state index in [0.717, 1.165) is 25.7 Å². The van der Waals surface area contributed by atoms with E-state index in [0.29, 0.717) is 13.0 Å². The van der Waals surface area contributed by atoms with E-state index in [4.69, 9.17) is 5.73 Å². The molecule has 0 bridgehead atoms. The zero-order chi connectivity index (χ0) is 19.4. The lowest BCUT2D eigenvalue weighted by Gasteiger charge is -2.26. The summed E-state index contributed by atoms with van der Waals surface area (Å²) < 4.78 is 4.58. The van der Waals surface area contributed by atoms with Crippen molar-refractivity contribution in [1.82, 2.24) is 10.6 Å². The van der Waals surface area contributed by atoms with Crippen LogP contribution in [0.1, 0.15) is 59.8 Å². The molecule has 0 aromatic carbocycles. The fourth-order valence-electron chi connectivity index (χ4n) is 2.25. The Bertz CT molecular complexity index is 433. The van der Waals surface area contributed by atoms with E-state index in [1.165, 1.54) is 7.11 Å². The first-order valence-electron chi connectivity index (χ1n) is 9.15. The van der Waals surface area contributed by atoms with Gasteiger partial charge in [-0.15, -0.1) is 12.4 Å². The zero-order valence-electron chi connectivity index (χ0n) is 16.7. The number of hydrogen-bond acceptors (Lipinski definition) is 5. The Morgan fingerprint density at radius 1 is 1.04 bits per heavy atom. The number of rotatable bonds is 12. The number of amides is 2. The first-order valence-corrected chi connectivity index (χ1v) is 9.15. The minimum absolute atomic E-state index is 0. The van der Waals surface area contributed by atoms with Crippen molar-refractivity contribution in [2.45, 2.75) is 71.9 Å². The van der Waals surface area contributed by atoms with Crippen molar-refractivity contribution in [3.05, 3.63) is 0 Å². The van der Waals surface area contributed by atoms with Crippen molar-refractivity contribution in [1.29, 1.82) is 0 Å². The van der Waals surface area contributed by atoms with Crippen LogP contribution in [0.5, 0.6) is 0 Å². The van der Waals surface area contributed by atoms with Crippen LogP contribution in [0.3, 0.4) is 0 Å². The average molecular weight is 394 g/mol. The largest absolute Gasteiger partial charge is 0.469 e. The van der Waals surface area contributed by atoms with Gasteiger partial charge in [-0.05, 0) is 24.7 Å². The van der Waals surface area contributed by atoms with E-state index < -0.39 is 12.1 Å². The second-order valence-electron chi connectivity index (χ2n) is 6.82. The standard InChI is InChI=1S/C18H35N3O4.ClH/c1-6-13(4)16(21-17(23)15(19)12(2)3)18(24)20-11-9-7-8-10-14(22)25-5;/h12-13,15-16H,6-11,19H2,1-5H3,(H,20,24)(H,21,23);1H/t13-,15-,16-;/m0./s1. The van der Waals surface area contributed by atoms with Crippen molar-refractivity contribution < 1.29 is 19.1 Å². The number of nitrogens with one attached hydrogen (secondary N) is 2. The highest BCUT2D eigenvalue weighted by atomic mass is 35.5. The molecule has 0 fully saturated rings. The van der Waals surface area contributed by atoms with Crippen LogP contribution in [0.25, 0.3) is 0 Å². The molecule has 8 heteroatoms. The van der Waals surface area contributed by atoms with Gasteiger partial charge in [0, 0.05) is 13.0 Å². The SMILES string of the molecule is CC[C@H](C)[C@H](NC(=O)[C@@H](N)C(C)C)C(=O)NCCCCCC(=O)OC.Cl. The Labute approximate surface area is 163 Å². The predicted octanol–water partition coefficient (Wildman–Crippen LogP) is 1.77. The van der Waals surface area contributed by atoms with Gasteiger partial charge in [0.25, 0.3) is 0 Å². The molecular formula is C18H36ClN3O4. The third kappa shape index (κ3) is 10.6. The maximum atomic E-state index is 12.4. The minimum Gasteiger partial charge on any atom is -0.469 e. The van der Waals surface area contributed by atoms with Crippen molar-refractivity contribution in [2.24, 2.45) is 17.6 Å². The fourth-order valence-corrected chi connectivity index (χ4v) is 2.25. The van der Waals surface area contributed by atoms with Gasteiger partial charge in [-0.3, -0.25) is 14.4 Å². The number of esters is 1. The molecule has 0 radical (unpaired) electrons. The maximum Gasteiger partial charge on any atom is 0.305 e.